The number of hydrazone groups is 1. The monoisotopic (exact) mass is 374 g/mol. The van der Waals surface area contributed by atoms with E-state index in [1.165, 1.54) is 18.3 Å². The SMILES string of the molecule is O=C(NN=Cc1ccc(O)cc1)c1cc(-c2cc(Cl)ccc2Cl)n[nH]1. The molecule has 0 spiro atoms. The third kappa shape index (κ3) is 4.17. The lowest BCUT2D eigenvalue weighted by Crippen LogP contribution is -2.17. The van der Waals surface area contributed by atoms with E-state index in [1.807, 2.05) is 0 Å². The first-order valence-corrected chi connectivity index (χ1v) is 7.92. The summed E-state index contributed by atoms with van der Waals surface area (Å²) >= 11 is 12.1. The Morgan fingerprint density at radius 2 is 1.92 bits per heavy atom. The van der Waals surface area contributed by atoms with Gasteiger partial charge in [0.05, 0.1) is 16.9 Å². The second kappa shape index (κ2) is 7.38. The zero-order valence-electron chi connectivity index (χ0n) is 12.7. The van der Waals surface area contributed by atoms with Gasteiger partial charge in [-0.3, -0.25) is 9.89 Å². The van der Waals surface area contributed by atoms with Crippen molar-refractivity contribution >= 4 is 35.3 Å². The minimum atomic E-state index is -0.452. The number of hydrogen-bond donors (Lipinski definition) is 3. The van der Waals surface area contributed by atoms with E-state index < -0.39 is 5.91 Å². The molecule has 2 aromatic carbocycles. The number of carbonyl (C=O) groups is 1. The number of halogens is 2. The maximum atomic E-state index is 12.1. The summed E-state index contributed by atoms with van der Waals surface area (Å²) in [5.74, 6) is -0.294. The number of H-pyrrole nitrogens is 1. The van der Waals surface area contributed by atoms with Crippen molar-refractivity contribution in [2.75, 3.05) is 0 Å². The number of phenolic OH excluding ortho intramolecular Hbond substituents is 1. The van der Waals surface area contributed by atoms with Gasteiger partial charge in [0.15, 0.2) is 0 Å². The molecular weight excluding hydrogens is 363 g/mol. The summed E-state index contributed by atoms with van der Waals surface area (Å²) in [6.07, 6.45) is 1.46. The third-order valence-electron chi connectivity index (χ3n) is 3.30. The molecule has 0 aliphatic carbocycles. The van der Waals surface area contributed by atoms with Gasteiger partial charge in [0.1, 0.15) is 11.4 Å². The smallest absolute Gasteiger partial charge is 0.289 e. The van der Waals surface area contributed by atoms with Crippen LogP contribution in [0.4, 0.5) is 0 Å². The third-order valence-corrected chi connectivity index (χ3v) is 3.86. The van der Waals surface area contributed by atoms with Crippen LogP contribution in [-0.2, 0) is 0 Å². The Balaban J connectivity index is 1.70. The van der Waals surface area contributed by atoms with Gasteiger partial charge in [-0.1, -0.05) is 23.2 Å². The second-order valence-corrected chi connectivity index (χ2v) is 5.93. The summed E-state index contributed by atoms with van der Waals surface area (Å²) in [7, 11) is 0. The van der Waals surface area contributed by atoms with Crippen LogP contribution in [0, 0.1) is 0 Å². The minimum Gasteiger partial charge on any atom is -0.508 e. The van der Waals surface area contributed by atoms with E-state index >= 15 is 0 Å². The van der Waals surface area contributed by atoms with Crippen LogP contribution in [0.15, 0.2) is 53.6 Å². The average Bonchev–Trinajstić information content (AvgIpc) is 3.09. The molecule has 126 valence electrons. The van der Waals surface area contributed by atoms with Gasteiger partial charge in [-0.15, -0.1) is 0 Å². The van der Waals surface area contributed by atoms with Crippen molar-refractivity contribution in [3.63, 3.8) is 0 Å². The fraction of sp³-hybridized carbons (Fsp3) is 0. The van der Waals surface area contributed by atoms with Crippen molar-refractivity contribution in [1.29, 1.82) is 0 Å². The van der Waals surface area contributed by atoms with Crippen LogP contribution in [0.1, 0.15) is 16.1 Å². The van der Waals surface area contributed by atoms with E-state index in [9.17, 15) is 9.90 Å². The van der Waals surface area contributed by atoms with Crippen molar-refractivity contribution in [3.8, 4) is 17.0 Å². The average molecular weight is 375 g/mol. The Hall–Kier alpha value is -2.83. The Morgan fingerprint density at radius 1 is 1.16 bits per heavy atom. The topological polar surface area (TPSA) is 90.4 Å². The highest BCUT2D eigenvalue weighted by Gasteiger charge is 2.13. The van der Waals surface area contributed by atoms with Gasteiger partial charge in [0.2, 0.25) is 0 Å². The zero-order chi connectivity index (χ0) is 17.8. The predicted molar refractivity (Wildman–Crippen MR) is 97.2 cm³/mol. The molecule has 0 bridgehead atoms. The maximum Gasteiger partial charge on any atom is 0.289 e. The zero-order valence-corrected chi connectivity index (χ0v) is 14.2. The van der Waals surface area contributed by atoms with Gasteiger partial charge in [-0.05, 0) is 54.1 Å². The number of hydrogen-bond acceptors (Lipinski definition) is 4. The van der Waals surface area contributed by atoms with Gasteiger partial charge in [0.25, 0.3) is 5.91 Å². The van der Waals surface area contributed by atoms with Crippen molar-refractivity contribution in [1.82, 2.24) is 15.6 Å². The fourth-order valence-electron chi connectivity index (χ4n) is 2.06. The van der Waals surface area contributed by atoms with Crippen LogP contribution in [0.5, 0.6) is 5.75 Å². The molecule has 0 unspecified atom stereocenters. The number of phenols is 1. The standard InChI is InChI=1S/C17H12Cl2N4O2/c18-11-3-6-14(19)13(7-11)15-8-16(22-21-15)17(25)23-20-9-10-1-4-12(24)5-2-10/h1-9,24H,(H,21,22)(H,23,25). The molecule has 1 aromatic heterocycles. The van der Waals surface area contributed by atoms with E-state index in [4.69, 9.17) is 23.2 Å². The van der Waals surface area contributed by atoms with Crippen LogP contribution in [0.25, 0.3) is 11.3 Å². The number of aromatic amines is 1. The van der Waals surface area contributed by atoms with E-state index in [0.717, 1.165) is 5.56 Å². The lowest BCUT2D eigenvalue weighted by Gasteiger charge is -2.00. The number of nitrogens with one attached hydrogen (secondary N) is 2. The van der Waals surface area contributed by atoms with Crippen molar-refractivity contribution in [3.05, 3.63) is 69.8 Å². The molecule has 0 aliphatic heterocycles. The summed E-state index contributed by atoms with van der Waals surface area (Å²) in [6, 6.07) is 13.0. The second-order valence-electron chi connectivity index (χ2n) is 5.08. The molecule has 0 saturated heterocycles. The van der Waals surface area contributed by atoms with Crippen LogP contribution in [0.3, 0.4) is 0 Å². The molecule has 0 saturated carbocycles. The summed E-state index contributed by atoms with van der Waals surface area (Å²) in [4.78, 5) is 12.1. The van der Waals surface area contributed by atoms with Gasteiger partial charge >= 0.3 is 0 Å². The first kappa shape index (κ1) is 17.0. The molecule has 8 heteroatoms. The normalized spacial score (nSPS) is 11.0. The highest BCUT2D eigenvalue weighted by Crippen LogP contribution is 2.29. The fourth-order valence-corrected chi connectivity index (χ4v) is 2.44. The van der Waals surface area contributed by atoms with Crippen LogP contribution >= 0.6 is 23.2 Å². The number of benzene rings is 2. The molecule has 0 atom stereocenters. The molecule has 3 aromatic rings. The van der Waals surface area contributed by atoms with Gasteiger partial charge in [-0.2, -0.15) is 10.2 Å². The predicted octanol–water partition coefficient (Wildman–Crippen LogP) is 3.85. The van der Waals surface area contributed by atoms with Crippen LogP contribution in [-0.4, -0.2) is 27.4 Å². The van der Waals surface area contributed by atoms with Gasteiger partial charge < -0.3 is 5.11 Å². The lowest BCUT2D eigenvalue weighted by molar-refractivity contribution is 0.0950. The van der Waals surface area contributed by atoms with Gasteiger partial charge in [0, 0.05) is 10.6 Å². The first-order valence-electron chi connectivity index (χ1n) is 7.16. The molecule has 0 aliphatic rings. The Bertz CT molecular complexity index is 936. The molecule has 0 fully saturated rings. The van der Waals surface area contributed by atoms with E-state index in [1.54, 1.807) is 36.4 Å². The summed E-state index contributed by atoms with van der Waals surface area (Å²) < 4.78 is 0. The van der Waals surface area contributed by atoms with Crippen molar-refractivity contribution in [2.24, 2.45) is 5.10 Å². The molecule has 3 N–H and O–H groups in total. The number of aromatic nitrogens is 2. The minimum absolute atomic E-state index is 0.158. The van der Waals surface area contributed by atoms with E-state index in [-0.39, 0.29) is 11.4 Å². The molecule has 0 radical (unpaired) electrons. The van der Waals surface area contributed by atoms with E-state index in [0.29, 0.717) is 21.3 Å². The summed E-state index contributed by atoms with van der Waals surface area (Å²) in [5, 5.41) is 20.8. The van der Waals surface area contributed by atoms with Gasteiger partial charge in [-0.25, -0.2) is 5.43 Å². The molecule has 25 heavy (non-hydrogen) atoms. The summed E-state index contributed by atoms with van der Waals surface area (Å²) in [6.45, 7) is 0. The Morgan fingerprint density at radius 3 is 2.68 bits per heavy atom. The lowest BCUT2D eigenvalue weighted by atomic mass is 10.1. The van der Waals surface area contributed by atoms with Crippen molar-refractivity contribution < 1.29 is 9.90 Å². The Kier molecular flexibility index (Phi) is 5.02. The molecule has 1 amide bonds. The Labute approximate surface area is 153 Å². The summed E-state index contributed by atoms with van der Waals surface area (Å²) in [5.41, 5.74) is 4.47. The number of amides is 1. The number of carbonyl (C=O) groups excluding carboxylic acids is 1. The molecule has 6 nitrogen and oxygen atoms in total. The quantitative estimate of drug-likeness (QED) is 0.478. The highest BCUT2D eigenvalue weighted by molar-refractivity contribution is 6.35. The van der Waals surface area contributed by atoms with Crippen molar-refractivity contribution in [2.45, 2.75) is 0 Å². The van der Waals surface area contributed by atoms with Crippen LogP contribution in [0.2, 0.25) is 10.0 Å². The number of rotatable bonds is 4. The largest absolute Gasteiger partial charge is 0.508 e. The number of aromatic hydroxyl groups is 1. The first-order chi connectivity index (χ1) is 12.0. The number of nitrogens with zero attached hydrogens (tertiary/aromatic N) is 2. The van der Waals surface area contributed by atoms with E-state index in [2.05, 4.69) is 20.7 Å². The van der Waals surface area contributed by atoms with Crippen LogP contribution < -0.4 is 5.43 Å². The molecule has 3 rings (SSSR count). The molecular formula is C17H12Cl2N4O2. The molecule has 1 heterocycles. The highest BCUT2D eigenvalue weighted by atomic mass is 35.5. The maximum absolute atomic E-state index is 12.1.